The molecule has 2 aromatic heterocycles. The molecule has 16 N–H and O–H groups in total. The van der Waals surface area contributed by atoms with Crippen LogP contribution < -0.4 is 54.0 Å². The molecule has 10 amide bonds. The molecule has 0 aliphatic carbocycles. The minimum atomic E-state index is -1.68. The van der Waals surface area contributed by atoms with E-state index in [-0.39, 0.29) is 63.2 Å². The molecule has 2 heterocycles. The number of aliphatic carboxylic acids is 2. The van der Waals surface area contributed by atoms with Gasteiger partial charge in [-0.2, -0.15) is 0 Å². The molecular formula is C68H86N12O14. The highest BCUT2D eigenvalue weighted by atomic mass is 16.4. The van der Waals surface area contributed by atoms with Gasteiger partial charge in [0.05, 0.1) is 12.8 Å². The van der Waals surface area contributed by atoms with Crippen molar-refractivity contribution in [2.45, 2.75) is 166 Å². The van der Waals surface area contributed by atoms with Gasteiger partial charge in [-0.25, -0.2) is 0 Å². The molecule has 0 saturated carbocycles. The van der Waals surface area contributed by atoms with Gasteiger partial charge in [0.15, 0.2) is 0 Å². The Balaban J connectivity index is 1.08. The zero-order valence-corrected chi connectivity index (χ0v) is 53.2. The van der Waals surface area contributed by atoms with Crippen molar-refractivity contribution < 1.29 is 67.7 Å². The van der Waals surface area contributed by atoms with Crippen molar-refractivity contribution in [2.24, 2.45) is 23.3 Å². The first-order valence-electron chi connectivity index (χ1n) is 31.4. The number of benzene rings is 4. The Morgan fingerprint density at radius 2 is 0.681 bits per heavy atom. The Labute approximate surface area is 544 Å². The maximum atomic E-state index is 14.4. The number of hydrogen-bond donors (Lipinski definition) is 14. The molecule has 26 nitrogen and oxygen atoms in total. The smallest absolute Gasteiger partial charge is 0.305 e. The minimum absolute atomic E-state index is 0.00881. The van der Waals surface area contributed by atoms with Crippen molar-refractivity contribution in [3.63, 3.8) is 0 Å². The van der Waals surface area contributed by atoms with E-state index >= 15 is 0 Å². The summed E-state index contributed by atoms with van der Waals surface area (Å²) in [7, 11) is 0. The maximum Gasteiger partial charge on any atom is 0.305 e. The van der Waals surface area contributed by atoms with Crippen LogP contribution in [0, 0.1) is 11.8 Å². The molecule has 0 saturated heterocycles. The summed E-state index contributed by atoms with van der Waals surface area (Å²) in [6.07, 6.45) is 3.24. The van der Waals surface area contributed by atoms with Gasteiger partial charge in [-0.05, 0) is 71.9 Å². The predicted molar refractivity (Wildman–Crippen MR) is 349 cm³/mol. The number of H-pyrrole nitrogens is 2. The molecule has 6 rings (SSSR count). The van der Waals surface area contributed by atoms with Crippen LogP contribution in [0.15, 0.2) is 122 Å². The molecule has 0 fully saturated rings. The molecule has 8 atom stereocenters. The lowest BCUT2D eigenvalue weighted by molar-refractivity contribution is -0.142. The van der Waals surface area contributed by atoms with Crippen LogP contribution in [0.2, 0.25) is 0 Å². The predicted octanol–water partition coefficient (Wildman–Crippen LogP) is 3.15. The van der Waals surface area contributed by atoms with Crippen LogP contribution in [0.4, 0.5) is 0 Å². The number of hydrogen-bond acceptors (Lipinski definition) is 12. The number of carbonyl (C=O) groups is 12. The van der Waals surface area contributed by atoms with E-state index in [9.17, 15) is 67.7 Å². The standard InChI is InChI=1S/C68H86N12O14/c1-39(2)29-51(63(89)79-55(35-59(83)84)67(93)75-49(61(69)87)31-41-19-9-7-10-20-41)77-65(91)53(33-43-37-71-47-25-17-15-23-45(43)47)73-57(81)27-13-5-6-14-28-58(82)74-54(34-44-38-72-48-26-18-16-24-46(44)48)66(92)78-52(30-40(3)4)64(90)80-56(36-60(85)86)68(94)76-50(62(70)88)32-42-21-11-8-12-22-42/h7-12,15-26,37-40,49-56,71-72H,5-6,13-14,27-36H2,1-4H3,(H2,69,87)(H2,70,88)(H,73,81)(H,74,82)(H,75,93)(H,76,94)(H,77,91)(H,78,92)(H,79,89)(H,80,90)(H,83,84)(H,85,86). The summed E-state index contributed by atoms with van der Waals surface area (Å²) in [5, 5.41) is 42.1. The van der Waals surface area contributed by atoms with Gasteiger partial charge in [-0.3, -0.25) is 57.5 Å². The quantitative estimate of drug-likeness (QED) is 0.0247. The normalized spacial score (nSPS) is 13.8. The number of carboxylic acids is 2. The largest absolute Gasteiger partial charge is 0.481 e. The molecule has 4 aromatic carbocycles. The Hall–Kier alpha value is -10.4. The number of rotatable bonds is 39. The van der Waals surface area contributed by atoms with Gasteiger partial charge in [0.25, 0.3) is 0 Å². The lowest BCUT2D eigenvalue weighted by Gasteiger charge is -2.26. The van der Waals surface area contributed by atoms with Gasteiger partial charge in [0, 0.05) is 72.7 Å². The topological polar surface area (TPSA) is 425 Å². The first kappa shape index (κ1) is 72.7. The molecule has 0 spiro atoms. The van der Waals surface area contributed by atoms with Gasteiger partial charge >= 0.3 is 11.9 Å². The summed E-state index contributed by atoms with van der Waals surface area (Å²) in [6.45, 7) is 7.16. The molecular weight excluding hydrogens is 1210 g/mol. The third-order valence-electron chi connectivity index (χ3n) is 15.6. The lowest BCUT2D eigenvalue weighted by atomic mass is 10.00. The monoisotopic (exact) mass is 1290 g/mol. The Morgan fingerprint density at radius 3 is 1.02 bits per heavy atom. The van der Waals surface area contributed by atoms with Gasteiger partial charge in [-0.15, -0.1) is 0 Å². The summed E-state index contributed by atoms with van der Waals surface area (Å²) in [6, 6.07) is 21.0. The fourth-order valence-corrected chi connectivity index (χ4v) is 10.9. The number of primary amides is 2. The van der Waals surface area contributed by atoms with Crippen LogP contribution >= 0.6 is 0 Å². The zero-order chi connectivity index (χ0) is 68.4. The van der Waals surface area contributed by atoms with Crippen molar-refractivity contribution in [3.8, 4) is 0 Å². The van der Waals surface area contributed by atoms with E-state index < -0.39 is 132 Å². The second-order valence-corrected chi connectivity index (χ2v) is 24.3. The Bertz CT molecular complexity index is 3380. The molecule has 0 bridgehead atoms. The molecule has 502 valence electrons. The first-order chi connectivity index (χ1) is 44.8. The average Bonchev–Trinajstić information content (AvgIpc) is 1.65. The Kier molecular flexibility index (Phi) is 27.8. The van der Waals surface area contributed by atoms with E-state index in [1.54, 1.807) is 101 Å². The molecule has 0 radical (unpaired) electrons. The lowest BCUT2D eigenvalue weighted by Crippen LogP contribution is -2.59. The second kappa shape index (κ2) is 36.0. The van der Waals surface area contributed by atoms with Crippen LogP contribution in [0.25, 0.3) is 21.8 Å². The third-order valence-corrected chi connectivity index (χ3v) is 15.6. The van der Waals surface area contributed by atoms with Gasteiger partial charge < -0.3 is 74.2 Å². The number of para-hydroxylation sites is 2. The summed E-state index contributed by atoms with van der Waals surface area (Å²) >= 11 is 0. The van der Waals surface area contributed by atoms with E-state index in [0.717, 1.165) is 21.8 Å². The molecule has 8 unspecified atom stereocenters. The van der Waals surface area contributed by atoms with Crippen molar-refractivity contribution in [2.75, 3.05) is 0 Å². The number of carbonyl (C=O) groups excluding carboxylic acids is 10. The number of aromatic nitrogens is 2. The van der Waals surface area contributed by atoms with Gasteiger partial charge in [0.2, 0.25) is 59.1 Å². The number of fused-ring (bicyclic) bond motifs is 2. The third kappa shape index (κ3) is 23.4. The molecule has 26 heteroatoms. The van der Waals surface area contributed by atoms with Crippen molar-refractivity contribution in [1.29, 1.82) is 0 Å². The van der Waals surface area contributed by atoms with Crippen LogP contribution in [-0.2, 0) is 83.2 Å². The van der Waals surface area contributed by atoms with Gasteiger partial charge in [0.1, 0.15) is 48.3 Å². The Morgan fingerprint density at radius 1 is 0.372 bits per heavy atom. The highest BCUT2D eigenvalue weighted by Gasteiger charge is 2.36. The highest BCUT2D eigenvalue weighted by molar-refractivity contribution is 5.99. The maximum absolute atomic E-state index is 14.4. The SMILES string of the molecule is CC(C)CC(NC(=O)C(Cc1c[nH]c2ccccc12)NC(=O)CCCCCCC(=O)NC(Cc1c[nH]c2ccccc12)C(=O)NC(CC(C)C)C(=O)NC(CC(=O)O)C(=O)NC(Cc1ccccc1)C(N)=O)C(=O)NC(CC(=O)O)C(=O)NC(Cc1ccccc1)C(N)=O. The van der Waals surface area contributed by atoms with Gasteiger partial charge in [-0.1, -0.05) is 138 Å². The van der Waals surface area contributed by atoms with Crippen molar-refractivity contribution in [1.82, 2.24) is 52.5 Å². The number of aromatic amines is 2. The molecule has 0 aliphatic rings. The minimum Gasteiger partial charge on any atom is -0.481 e. The van der Waals surface area contributed by atoms with E-state index in [2.05, 4.69) is 52.5 Å². The summed E-state index contributed by atoms with van der Waals surface area (Å²) in [5.41, 5.74) is 15.5. The number of carboxylic acid groups (broad SMARTS) is 2. The fraction of sp³-hybridized carbons (Fsp3) is 0.412. The number of unbranched alkanes of at least 4 members (excludes halogenated alkanes) is 3. The first-order valence-corrected chi connectivity index (χ1v) is 31.4. The molecule has 94 heavy (non-hydrogen) atoms. The average molecular weight is 1300 g/mol. The zero-order valence-electron chi connectivity index (χ0n) is 53.2. The summed E-state index contributed by atoms with van der Waals surface area (Å²) in [5.74, 6) is -11.3. The molecule has 6 aromatic rings. The summed E-state index contributed by atoms with van der Waals surface area (Å²) < 4.78 is 0. The highest BCUT2D eigenvalue weighted by Crippen LogP contribution is 2.22. The fourth-order valence-electron chi connectivity index (χ4n) is 10.9. The molecule has 0 aliphatic heterocycles. The van der Waals surface area contributed by atoms with Crippen LogP contribution in [0.5, 0.6) is 0 Å². The number of nitrogens with one attached hydrogen (secondary N) is 10. The van der Waals surface area contributed by atoms with Crippen LogP contribution in [0.3, 0.4) is 0 Å². The van der Waals surface area contributed by atoms with Crippen molar-refractivity contribution in [3.05, 3.63) is 144 Å². The van der Waals surface area contributed by atoms with Crippen LogP contribution in [0.1, 0.15) is 114 Å². The van der Waals surface area contributed by atoms with E-state index in [0.29, 0.717) is 47.9 Å². The van der Waals surface area contributed by atoms with Crippen molar-refractivity contribution >= 4 is 92.8 Å². The second-order valence-electron chi connectivity index (χ2n) is 24.3. The van der Waals surface area contributed by atoms with E-state index in [1.165, 1.54) is 0 Å². The van der Waals surface area contributed by atoms with E-state index in [1.807, 2.05) is 48.5 Å². The summed E-state index contributed by atoms with van der Waals surface area (Å²) in [4.78, 5) is 167. The number of amides is 10. The van der Waals surface area contributed by atoms with E-state index in [4.69, 9.17) is 11.5 Å². The number of nitrogens with two attached hydrogens (primary N) is 2. The van der Waals surface area contributed by atoms with Crippen LogP contribution in [-0.4, -0.2) is 140 Å².